The number of piperazine rings is 1. The summed E-state index contributed by atoms with van der Waals surface area (Å²) in [6.07, 6.45) is 2.14. The van der Waals surface area contributed by atoms with E-state index < -0.39 is 0 Å². The van der Waals surface area contributed by atoms with E-state index in [0.717, 1.165) is 25.9 Å². The molecule has 0 spiro atoms. The van der Waals surface area contributed by atoms with Crippen molar-refractivity contribution in [3.05, 3.63) is 0 Å². The van der Waals surface area contributed by atoms with Crippen LogP contribution >= 0.6 is 0 Å². The van der Waals surface area contributed by atoms with Gasteiger partial charge in [0.1, 0.15) is 0 Å². The molecule has 0 radical (unpaired) electrons. The van der Waals surface area contributed by atoms with Crippen molar-refractivity contribution in [1.82, 2.24) is 10.6 Å². The van der Waals surface area contributed by atoms with Crippen LogP contribution in [0.4, 0.5) is 0 Å². The van der Waals surface area contributed by atoms with Crippen LogP contribution in [-0.4, -0.2) is 25.0 Å². The molecular formula is C9H18N2O. The van der Waals surface area contributed by atoms with Crippen LogP contribution in [0.3, 0.4) is 0 Å². The molecule has 1 fully saturated rings. The van der Waals surface area contributed by atoms with Gasteiger partial charge in [0, 0.05) is 13.1 Å². The maximum atomic E-state index is 11.4. The SMILES string of the molecule is CCC(CC)C1NCCNC1=O. The van der Waals surface area contributed by atoms with Crippen molar-refractivity contribution in [2.75, 3.05) is 13.1 Å². The Morgan fingerprint density at radius 1 is 1.42 bits per heavy atom. The standard InChI is InChI=1S/C9H18N2O/c1-3-7(4-2)8-9(12)11-6-5-10-8/h7-8,10H,3-6H2,1-2H3,(H,11,12). The van der Waals surface area contributed by atoms with Crippen molar-refractivity contribution < 1.29 is 4.79 Å². The van der Waals surface area contributed by atoms with Crippen molar-refractivity contribution in [3.63, 3.8) is 0 Å². The Morgan fingerprint density at radius 2 is 2.08 bits per heavy atom. The van der Waals surface area contributed by atoms with Crippen LogP contribution in [0.15, 0.2) is 0 Å². The van der Waals surface area contributed by atoms with Gasteiger partial charge in [0.25, 0.3) is 0 Å². The van der Waals surface area contributed by atoms with E-state index in [4.69, 9.17) is 0 Å². The van der Waals surface area contributed by atoms with E-state index in [9.17, 15) is 4.79 Å². The highest BCUT2D eigenvalue weighted by atomic mass is 16.2. The smallest absolute Gasteiger partial charge is 0.237 e. The van der Waals surface area contributed by atoms with Crippen LogP contribution in [0.1, 0.15) is 26.7 Å². The van der Waals surface area contributed by atoms with E-state index in [1.165, 1.54) is 0 Å². The molecule has 0 aromatic heterocycles. The first-order valence-electron chi connectivity index (χ1n) is 4.80. The lowest BCUT2D eigenvalue weighted by Gasteiger charge is -2.29. The summed E-state index contributed by atoms with van der Waals surface area (Å²) in [4.78, 5) is 11.4. The monoisotopic (exact) mass is 170 g/mol. The molecule has 0 saturated carbocycles. The van der Waals surface area contributed by atoms with Gasteiger partial charge in [-0.3, -0.25) is 4.79 Å². The highest BCUT2D eigenvalue weighted by molar-refractivity contribution is 5.82. The van der Waals surface area contributed by atoms with Gasteiger partial charge in [-0.25, -0.2) is 0 Å². The number of carbonyl (C=O) groups excluding carboxylic acids is 1. The normalized spacial score (nSPS) is 24.2. The molecule has 1 aliphatic rings. The van der Waals surface area contributed by atoms with Gasteiger partial charge >= 0.3 is 0 Å². The molecule has 70 valence electrons. The lowest BCUT2D eigenvalue weighted by Crippen LogP contribution is -2.55. The van der Waals surface area contributed by atoms with Crippen LogP contribution < -0.4 is 10.6 Å². The first-order valence-corrected chi connectivity index (χ1v) is 4.80. The lowest BCUT2D eigenvalue weighted by atomic mass is 9.92. The largest absolute Gasteiger partial charge is 0.353 e. The van der Waals surface area contributed by atoms with Gasteiger partial charge in [-0.2, -0.15) is 0 Å². The second-order valence-electron chi connectivity index (χ2n) is 3.30. The fraction of sp³-hybridized carbons (Fsp3) is 0.889. The van der Waals surface area contributed by atoms with Crippen molar-refractivity contribution in [3.8, 4) is 0 Å². The summed E-state index contributed by atoms with van der Waals surface area (Å²) in [6, 6.07) is 0.0498. The molecule has 1 amide bonds. The fourth-order valence-electron chi connectivity index (χ4n) is 1.76. The molecule has 0 aromatic rings. The minimum Gasteiger partial charge on any atom is -0.353 e. The van der Waals surface area contributed by atoms with E-state index in [1.54, 1.807) is 0 Å². The highest BCUT2D eigenvalue weighted by Gasteiger charge is 2.27. The zero-order valence-corrected chi connectivity index (χ0v) is 7.89. The Kier molecular flexibility index (Phi) is 3.53. The molecule has 1 aliphatic heterocycles. The molecule has 1 heterocycles. The maximum absolute atomic E-state index is 11.4. The Labute approximate surface area is 73.9 Å². The number of nitrogens with one attached hydrogen (secondary N) is 2. The lowest BCUT2D eigenvalue weighted by molar-refractivity contribution is -0.125. The topological polar surface area (TPSA) is 41.1 Å². The maximum Gasteiger partial charge on any atom is 0.237 e. The van der Waals surface area contributed by atoms with Crippen LogP contribution in [0.5, 0.6) is 0 Å². The number of amides is 1. The third kappa shape index (κ3) is 1.97. The van der Waals surface area contributed by atoms with Crippen LogP contribution in [0, 0.1) is 5.92 Å². The predicted molar refractivity (Wildman–Crippen MR) is 48.9 cm³/mol. The summed E-state index contributed by atoms with van der Waals surface area (Å²) in [5.74, 6) is 0.667. The molecule has 0 aromatic carbocycles. The third-order valence-electron chi connectivity index (χ3n) is 2.59. The molecule has 1 atom stereocenters. The summed E-state index contributed by atoms with van der Waals surface area (Å²) in [5.41, 5.74) is 0. The number of rotatable bonds is 3. The number of hydrogen-bond acceptors (Lipinski definition) is 2. The van der Waals surface area contributed by atoms with Gasteiger partial charge in [0.15, 0.2) is 0 Å². The number of carbonyl (C=O) groups is 1. The minimum atomic E-state index is 0.0498. The molecule has 2 N–H and O–H groups in total. The Morgan fingerprint density at radius 3 is 2.58 bits per heavy atom. The second-order valence-corrected chi connectivity index (χ2v) is 3.30. The average Bonchev–Trinajstić information content (AvgIpc) is 2.10. The van der Waals surface area contributed by atoms with E-state index in [-0.39, 0.29) is 11.9 Å². The third-order valence-corrected chi connectivity index (χ3v) is 2.59. The van der Waals surface area contributed by atoms with Gasteiger partial charge in [0.2, 0.25) is 5.91 Å². The van der Waals surface area contributed by atoms with Crippen molar-refractivity contribution in [2.24, 2.45) is 5.92 Å². The van der Waals surface area contributed by atoms with Gasteiger partial charge in [-0.1, -0.05) is 26.7 Å². The van der Waals surface area contributed by atoms with E-state index >= 15 is 0 Å². The number of hydrogen-bond donors (Lipinski definition) is 2. The highest BCUT2D eigenvalue weighted by Crippen LogP contribution is 2.14. The molecule has 0 bridgehead atoms. The van der Waals surface area contributed by atoms with Gasteiger partial charge in [-0.15, -0.1) is 0 Å². The first-order chi connectivity index (χ1) is 5.79. The molecule has 1 saturated heterocycles. The minimum absolute atomic E-state index is 0.0498. The zero-order valence-electron chi connectivity index (χ0n) is 7.89. The molecule has 3 nitrogen and oxygen atoms in total. The molecule has 0 aliphatic carbocycles. The molecule has 12 heavy (non-hydrogen) atoms. The van der Waals surface area contributed by atoms with E-state index in [0.29, 0.717) is 5.92 Å². The van der Waals surface area contributed by atoms with Crippen LogP contribution in [0.25, 0.3) is 0 Å². The van der Waals surface area contributed by atoms with Gasteiger partial charge in [-0.05, 0) is 5.92 Å². The first kappa shape index (κ1) is 9.52. The fourth-order valence-corrected chi connectivity index (χ4v) is 1.76. The quantitative estimate of drug-likeness (QED) is 0.648. The molecule has 1 unspecified atom stereocenters. The van der Waals surface area contributed by atoms with Crippen molar-refractivity contribution >= 4 is 5.91 Å². The average molecular weight is 170 g/mol. The Bertz CT molecular complexity index is 155. The van der Waals surface area contributed by atoms with Crippen molar-refractivity contribution in [1.29, 1.82) is 0 Å². The summed E-state index contributed by atoms with van der Waals surface area (Å²) >= 11 is 0. The Hall–Kier alpha value is -0.570. The summed E-state index contributed by atoms with van der Waals surface area (Å²) in [7, 11) is 0. The zero-order chi connectivity index (χ0) is 8.97. The molecule has 1 rings (SSSR count). The van der Waals surface area contributed by atoms with E-state index in [2.05, 4.69) is 24.5 Å². The molecule has 3 heteroatoms. The van der Waals surface area contributed by atoms with Crippen molar-refractivity contribution in [2.45, 2.75) is 32.7 Å². The van der Waals surface area contributed by atoms with Gasteiger partial charge < -0.3 is 10.6 Å². The van der Waals surface area contributed by atoms with Crippen LogP contribution in [0.2, 0.25) is 0 Å². The Balaban J connectivity index is 2.51. The summed E-state index contributed by atoms with van der Waals surface area (Å²) < 4.78 is 0. The van der Waals surface area contributed by atoms with E-state index in [1.807, 2.05) is 0 Å². The van der Waals surface area contributed by atoms with Gasteiger partial charge in [0.05, 0.1) is 6.04 Å². The second kappa shape index (κ2) is 4.45. The van der Waals surface area contributed by atoms with Crippen LogP contribution in [-0.2, 0) is 4.79 Å². The summed E-state index contributed by atoms with van der Waals surface area (Å²) in [5, 5.41) is 6.14. The predicted octanol–water partition coefficient (Wildman–Crippen LogP) is 0.511. The molecular weight excluding hydrogens is 152 g/mol. The summed E-state index contributed by atoms with van der Waals surface area (Å²) in [6.45, 7) is 5.96.